The fourth-order valence-corrected chi connectivity index (χ4v) is 2.67. The molecule has 0 spiro atoms. The Balaban J connectivity index is 2.02. The number of carbonyl (C=O) groups is 3. The molecule has 0 aliphatic carbocycles. The highest BCUT2D eigenvalue weighted by Gasteiger charge is 2.48. The van der Waals surface area contributed by atoms with Gasteiger partial charge in [-0.15, -0.1) is 0 Å². The second kappa shape index (κ2) is 8.79. The van der Waals surface area contributed by atoms with Crippen molar-refractivity contribution in [3.05, 3.63) is 29.8 Å². The lowest BCUT2D eigenvalue weighted by Gasteiger charge is -2.22. The van der Waals surface area contributed by atoms with Crippen molar-refractivity contribution < 1.29 is 32.6 Å². The van der Waals surface area contributed by atoms with Crippen LogP contribution in [0.1, 0.15) is 38.7 Å². The van der Waals surface area contributed by atoms with E-state index in [4.69, 9.17) is 4.74 Å². The first-order chi connectivity index (χ1) is 12.8. The Morgan fingerprint density at radius 1 is 1.26 bits per heavy atom. The van der Waals surface area contributed by atoms with Crippen molar-refractivity contribution in [3.8, 4) is 5.75 Å². The summed E-state index contributed by atoms with van der Waals surface area (Å²) in [4.78, 5) is 37.5. The Morgan fingerprint density at radius 3 is 2.52 bits per heavy atom. The van der Waals surface area contributed by atoms with Crippen molar-refractivity contribution in [2.45, 2.75) is 45.3 Å². The molecular formula is C18H22F2N2O5. The first-order valence-corrected chi connectivity index (χ1v) is 8.63. The van der Waals surface area contributed by atoms with Crippen molar-refractivity contribution in [3.63, 3.8) is 0 Å². The minimum atomic E-state index is -2.95. The van der Waals surface area contributed by atoms with E-state index in [0.717, 1.165) is 17.7 Å². The monoisotopic (exact) mass is 384 g/mol. The molecule has 1 N–H and O–H groups in total. The maximum Gasteiger partial charge on any atom is 0.387 e. The molecule has 1 fully saturated rings. The van der Waals surface area contributed by atoms with E-state index in [0.29, 0.717) is 12.2 Å². The molecular weight excluding hydrogens is 362 g/mol. The number of carbonyl (C=O) groups excluding carboxylic acids is 3. The number of hydrogen-bond acceptors (Lipinski definition) is 5. The summed E-state index contributed by atoms with van der Waals surface area (Å²) in [5.41, 5.74) is -0.942. The second-order valence-corrected chi connectivity index (χ2v) is 6.24. The van der Waals surface area contributed by atoms with Gasteiger partial charge in [0.1, 0.15) is 11.3 Å². The van der Waals surface area contributed by atoms with Crippen LogP contribution < -0.4 is 10.1 Å². The summed E-state index contributed by atoms with van der Waals surface area (Å²) in [6.07, 6.45) is 1.54. The van der Waals surface area contributed by atoms with Gasteiger partial charge in [0, 0.05) is 6.54 Å². The van der Waals surface area contributed by atoms with Gasteiger partial charge in [0.05, 0.1) is 13.0 Å². The molecule has 0 saturated carbocycles. The number of nitrogens with one attached hydrogen (secondary N) is 1. The predicted molar refractivity (Wildman–Crippen MR) is 91.2 cm³/mol. The molecule has 1 heterocycles. The van der Waals surface area contributed by atoms with Gasteiger partial charge in [0.2, 0.25) is 0 Å². The normalized spacial score (nSPS) is 19.4. The van der Waals surface area contributed by atoms with Gasteiger partial charge in [0.25, 0.3) is 5.91 Å². The summed E-state index contributed by atoms with van der Waals surface area (Å²) < 4.78 is 33.7. The lowest BCUT2D eigenvalue weighted by Crippen LogP contribution is -2.41. The van der Waals surface area contributed by atoms with Crippen molar-refractivity contribution >= 4 is 17.9 Å². The third-order valence-electron chi connectivity index (χ3n) is 4.23. The van der Waals surface area contributed by atoms with Crippen LogP contribution in [0.5, 0.6) is 5.75 Å². The van der Waals surface area contributed by atoms with Crippen LogP contribution in [0.4, 0.5) is 13.6 Å². The van der Waals surface area contributed by atoms with E-state index >= 15 is 0 Å². The summed E-state index contributed by atoms with van der Waals surface area (Å²) in [6.45, 7) is 0.730. The van der Waals surface area contributed by atoms with E-state index in [1.807, 2.05) is 6.92 Å². The van der Waals surface area contributed by atoms with E-state index in [2.05, 4.69) is 10.1 Å². The lowest BCUT2D eigenvalue weighted by molar-refractivity contribution is -0.144. The van der Waals surface area contributed by atoms with Crippen LogP contribution in [-0.4, -0.2) is 42.6 Å². The number of benzene rings is 1. The number of imide groups is 1. The van der Waals surface area contributed by atoms with Gasteiger partial charge < -0.3 is 14.8 Å². The molecule has 0 unspecified atom stereocenters. The van der Waals surface area contributed by atoms with Gasteiger partial charge in [-0.2, -0.15) is 8.78 Å². The van der Waals surface area contributed by atoms with Gasteiger partial charge in [-0.1, -0.05) is 25.5 Å². The number of halogens is 2. The molecule has 27 heavy (non-hydrogen) atoms. The minimum absolute atomic E-state index is 0.0548. The van der Waals surface area contributed by atoms with Gasteiger partial charge in [0.15, 0.2) is 0 Å². The molecule has 0 aromatic heterocycles. The molecule has 1 aliphatic rings. The zero-order chi connectivity index (χ0) is 20.0. The number of hydrogen-bond donors (Lipinski definition) is 1. The fraction of sp³-hybridized carbons (Fsp3) is 0.500. The van der Waals surface area contributed by atoms with Crippen LogP contribution in [0.2, 0.25) is 0 Å². The van der Waals surface area contributed by atoms with Crippen molar-refractivity contribution in [1.29, 1.82) is 0 Å². The van der Waals surface area contributed by atoms with Crippen LogP contribution in [-0.2, 0) is 19.9 Å². The quantitative estimate of drug-likeness (QED) is 0.402. The fourth-order valence-electron chi connectivity index (χ4n) is 2.67. The molecule has 1 saturated heterocycles. The summed E-state index contributed by atoms with van der Waals surface area (Å²) in [5, 5.41) is 2.58. The third-order valence-corrected chi connectivity index (χ3v) is 4.23. The smallest absolute Gasteiger partial charge is 0.387 e. The van der Waals surface area contributed by atoms with E-state index in [9.17, 15) is 23.2 Å². The van der Waals surface area contributed by atoms with Crippen molar-refractivity contribution in [2.24, 2.45) is 0 Å². The zero-order valence-electron chi connectivity index (χ0n) is 15.2. The molecule has 1 aromatic rings. The lowest BCUT2D eigenvalue weighted by atomic mass is 9.92. The number of ether oxygens (including phenoxy) is 2. The summed E-state index contributed by atoms with van der Waals surface area (Å²) in [5.74, 6) is -1.07. The average molecular weight is 384 g/mol. The van der Waals surface area contributed by atoms with Gasteiger partial charge in [-0.3, -0.25) is 14.5 Å². The number of amides is 3. The van der Waals surface area contributed by atoms with Crippen LogP contribution in [0, 0.1) is 0 Å². The summed E-state index contributed by atoms with van der Waals surface area (Å²) in [6, 6.07) is 4.81. The van der Waals surface area contributed by atoms with E-state index in [1.165, 1.54) is 31.2 Å². The highest BCUT2D eigenvalue weighted by Crippen LogP contribution is 2.30. The number of unbranched alkanes of at least 4 members (excludes halogenated alkanes) is 1. The topological polar surface area (TPSA) is 84.9 Å². The van der Waals surface area contributed by atoms with Crippen molar-refractivity contribution in [2.75, 3.05) is 13.2 Å². The SMILES string of the molecule is CCCCOC(=O)CCN1C(=O)N[C@@](C)(c2ccc(OC(F)F)cc2)C1=O. The standard InChI is InChI=1S/C18H22F2N2O5/c1-3-4-11-26-14(23)9-10-22-15(24)18(2,21-17(22)25)12-5-7-13(8-6-12)27-16(19)20/h5-8,16H,3-4,9-11H2,1-2H3,(H,21,25)/t18-/m0/s1. The molecule has 3 amide bonds. The Morgan fingerprint density at radius 2 is 1.93 bits per heavy atom. The van der Waals surface area contributed by atoms with Gasteiger partial charge >= 0.3 is 18.6 Å². The number of rotatable bonds is 9. The minimum Gasteiger partial charge on any atom is -0.466 e. The highest BCUT2D eigenvalue weighted by molar-refractivity contribution is 6.07. The third kappa shape index (κ3) is 4.93. The molecule has 2 rings (SSSR count). The largest absolute Gasteiger partial charge is 0.466 e. The average Bonchev–Trinajstić information content (AvgIpc) is 2.83. The maximum absolute atomic E-state index is 12.7. The number of esters is 1. The van der Waals surface area contributed by atoms with Gasteiger partial charge in [-0.05, 0) is 31.0 Å². The molecule has 1 aromatic carbocycles. The summed E-state index contributed by atoms with van der Waals surface area (Å²) in [7, 11) is 0. The highest BCUT2D eigenvalue weighted by atomic mass is 19.3. The van der Waals surface area contributed by atoms with Gasteiger partial charge in [-0.25, -0.2) is 4.79 Å². The molecule has 148 valence electrons. The second-order valence-electron chi connectivity index (χ2n) is 6.24. The summed E-state index contributed by atoms with van der Waals surface area (Å²) >= 11 is 0. The van der Waals surface area contributed by atoms with Crippen LogP contribution in [0.3, 0.4) is 0 Å². The Hall–Kier alpha value is -2.71. The van der Waals surface area contributed by atoms with Crippen molar-refractivity contribution in [1.82, 2.24) is 10.2 Å². The molecule has 9 heteroatoms. The number of nitrogens with zero attached hydrogens (tertiary/aromatic N) is 1. The van der Waals surface area contributed by atoms with E-state index in [1.54, 1.807) is 0 Å². The molecule has 0 bridgehead atoms. The van der Waals surface area contributed by atoms with Crippen LogP contribution in [0.25, 0.3) is 0 Å². The van der Waals surface area contributed by atoms with E-state index in [-0.39, 0.29) is 18.7 Å². The number of alkyl halides is 2. The maximum atomic E-state index is 12.7. The molecule has 7 nitrogen and oxygen atoms in total. The predicted octanol–water partition coefficient (Wildman–Crippen LogP) is 2.79. The van der Waals surface area contributed by atoms with Crippen LogP contribution in [0.15, 0.2) is 24.3 Å². The first-order valence-electron chi connectivity index (χ1n) is 8.63. The first kappa shape index (κ1) is 20.6. The zero-order valence-corrected chi connectivity index (χ0v) is 15.2. The molecule has 1 aliphatic heterocycles. The Bertz CT molecular complexity index is 695. The molecule has 1 atom stereocenters. The Labute approximate surface area is 155 Å². The van der Waals surface area contributed by atoms with Crippen LogP contribution >= 0.6 is 0 Å². The molecule has 0 radical (unpaired) electrons. The van der Waals surface area contributed by atoms with E-state index < -0.39 is 30.1 Å². The number of urea groups is 1. The Kier molecular flexibility index (Phi) is 6.70.